The number of fused-ring (bicyclic) bond motifs is 1. The zero-order valence-electron chi connectivity index (χ0n) is 12.6. The van der Waals surface area contributed by atoms with Crippen molar-refractivity contribution in [2.24, 2.45) is 0 Å². The SMILES string of the molecule is COC(=O)c1cc2cc([N+](=O)[O-])c(Br)cc2s1.O=C(O)c1cccs1. The first-order valence-corrected chi connectivity index (χ1v) is 9.05. The summed E-state index contributed by atoms with van der Waals surface area (Å²) in [6.45, 7) is 0. The van der Waals surface area contributed by atoms with Gasteiger partial charge in [0.15, 0.2) is 0 Å². The van der Waals surface area contributed by atoms with Crippen molar-refractivity contribution in [3.05, 3.63) is 60.1 Å². The van der Waals surface area contributed by atoms with Crippen LogP contribution in [0, 0.1) is 10.1 Å². The molecule has 1 N–H and O–H groups in total. The summed E-state index contributed by atoms with van der Waals surface area (Å²) in [5.41, 5.74) is -0.0216. The molecule has 0 atom stereocenters. The van der Waals surface area contributed by atoms with Crippen LogP contribution in [0.1, 0.15) is 19.3 Å². The highest BCUT2D eigenvalue weighted by Gasteiger charge is 2.17. The summed E-state index contributed by atoms with van der Waals surface area (Å²) in [4.78, 5) is 32.5. The molecule has 0 aliphatic rings. The monoisotopic (exact) mass is 443 g/mol. The zero-order valence-corrected chi connectivity index (χ0v) is 15.8. The van der Waals surface area contributed by atoms with Gasteiger partial charge in [0.05, 0.1) is 16.5 Å². The topological polar surface area (TPSA) is 107 Å². The fourth-order valence-electron chi connectivity index (χ4n) is 1.79. The van der Waals surface area contributed by atoms with E-state index in [1.165, 1.54) is 35.8 Å². The minimum Gasteiger partial charge on any atom is -0.477 e. The van der Waals surface area contributed by atoms with Gasteiger partial charge >= 0.3 is 11.9 Å². The molecule has 0 saturated carbocycles. The lowest BCUT2D eigenvalue weighted by atomic mass is 10.2. The first-order chi connectivity index (χ1) is 11.8. The maximum atomic E-state index is 11.3. The summed E-state index contributed by atoms with van der Waals surface area (Å²) in [7, 11) is 1.30. The second kappa shape index (κ2) is 8.19. The van der Waals surface area contributed by atoms with Crippen molar-refractivity contribution in [1.29, 1.82) is 0 Å². The molecule has 7 nitrogen and oxygen atoms in total. The molecule has 0 saturated heterocycles. The van der Waals surface area contributed by atoms with E-state index in [9.17, 15) is 19.7 Å². The van der Waals surface area contributed by atoms with Crippen LogP contribution >= 0.6 is 38.6 Å². The number of methoxy groups -OCH3 is 1. The van der Waals surface area contributed by atoms with Crippen molar-refractivity contribution in [1.82, 2.24) is 0 Å². The summed E-state index contributed by atoms with van der Waals surface area (Å²) in [5, 5.41) is 21.4. The fraction of sp³-hybridized carbons (Fsp3) is 0.0667. The average Bonchev–Trinajstić information content (AvgIpc) is 3.22. The van der Waals surface area contributed by atoms with Gasteiger partial charge < -0.3 is 9.84 Å². The van der Waals surface area contributed by atoms with Gasteiger partial charge in [-0.3, -0.25) is 10.1 Å². The van der Waals surface area contributed by atoms with Crippen LogP contribution in [-0.2, 0) is 4.74 Å². The second-order valence-electron chi connectivity index (χ2n) is 4.48. The van der Waals surface area contributed by atoms with E-state index in [4.69, 9.17) is 5.11 Å². The Balaban J connectivity index is 0.000000236. The molecular formula is C15H10BrNO6S2. The van der Waals surface area contributed by atoms with E-state index in [1.54, 1.807) is 29.6 Å². The molecule has 3 rings (SSSR count). The average molecular weight is 444 g/mol. The Morgan fingerprint density at radius 1 is 1.28 bits per heavy atom. The van der Waals surface area contributed by atoms with Gasteiger partial charge in [-0.2, -0.15) is 0 Å². The Morgan fingerprint density at radius 2 is 2.00 bits per heavy atom. The molecule has 2 heterocycles. The molecule has 10 heteroatoms. The van der Waals surface area contributed by atoms with E-state index < -0.39 is 16.9 Å². The van der Waals surface area contributed by atoms with Crippen LogP contribution in [0.25, 0.3) is 10.1 Å². The van der Waals surface area contributed by atoms with E-state index in [0.717, 1.165) is 4.70 Å². The number of nitrogens with zero attached hydrogens (tertiary/aromatic N) is 1. The summed E-state index contributed by atoms with van der Waals surface area (Å²) >= 11 is 5.60. The molecular weight excluding hydrogens is 434 g/mol. The Labute approximate surface area is 157 Å². The predicted octanol–water partition coefficient (Wildman–Crippen LogP) is 4.80. The number of esters is 1. The van der Waals surface area contributed by atoms with E-state index in [0.29, 0.717) is 19.6 Å². The third-order valence-corrected chi connectivity index (χ3v) is 5.47. The molecule has 1 aromatic carbocycles. The molecule has 0 amide bonds. The molecule has 0 unspecified atom stereocenters. The molecule has 130 valence electrons. The second-order valence-corrected chi connectivity index (χ2v) is 7.37. The quantitative estimate of drug-likeness (QED) is 0.353. The number of thiophene rings is 2. The van der Waals surface area contributed by atoms with E-state index in [1.807, 2.05) is 0 Å². The maximum absolute atomic E-state index is 11.3. The lowest BCUT2D eigenvalue weighted by Gasteiger charge is -1.94. The van der Waals surface area contributed by atoms with Crippen LogP contribution in [0.2, 0.25) is 0 Å². The first kappa shape index (κ1) is 19.0. The number of nitro groups is 1. The smallest absolute Gasteiger partial charge is 0.348 e. The van der Waals surface area contributed by atoms with Crippen LogP contribution in [0.4, 0.5) is 5.69 Å². The minimum atomic E-state index is -0.847. The van der Waals surface area contributed by atoms with Gasteiger partial charge in [0, 0.05) is 16.2 Å². The molecule has 0 aliphatic heterocycles. The number of halogens is 1. The predicted molar refractivity (Wildman–Crippen MR) is 98.8 cm³/mol. The van der Waals surface area contributed by atoms with Crippen LogP contribution in [-0.4, -0.2) is 29.1 Å². The van der Waals surface area contributed by atoms with Crippen molar-refractivity contribution in [3.8, 4) is 0 Å². The zero-order chi connectivity index (χ0) is 18.6. The number of rotatable bonds is 3. The molecule has 0 aliphatic carbocycles. The largest absolute Gasteiger partial charge is 0.477 e. The summed E-state index contributed by atoms with van der Waals surface area (Å²) in [5.74, 6) is -1.29. The summed E-state index contributed by atoms with van der Waals surface area (Å²) < 4.78 is 5.79. The van der Waals surface area contributed by atoms with Crippen molar-refractivity contribution >= 4 is 66.3 Å². The number of ether oxygens (including phenoxy) is 1. The van der Waals surface area contributed by atoms with Crippen molar-refractivity contribution in [2.45, 2.75) is 0 Å². The van der Waals surface area contributed by atoms with Gasteiger partial charge in [-0.05, 0) is 39.5 Å². The standard InChI is InChI=1S/C10H6BrNO4S.C5H4O2S/c1-16-10(13)9-3-5-2-7(12(14)15)6(11)4-8(5)17-9;6-5(7)4-2-1-3-8-4/h2-4H,1H3;1-3H,(H,6,7). The normalized spacial score (nSPS) is 10.0. The number of hydrogen-bond donors (Lipinski definition) is 1. The Morgan fingerprint density at radius 3 is 2.48 bits per heavy atom. The Bertz CT molecular complexity index is 935. The Hall–Kier alpha value is -2.30. The number of carboxylic acids is 1. The summed E-state index contributed by atoms with van der Waals surface area (Å²) in [6.07, 6.45) is 0. The van der Waals surface area contributed by atoms with E-state index in [2.05, 4.69) is 20.7 Å². The van der Waals surface area contributed by atoms with Gasteiger partial charge in [-0.15, -0.1) is 22.7 Å². The maximum Gasteiger partial charge on any atom is 0.348 e. The lowest BCUT2D eigenvalue weighted by Crippen LogP contribution is -1.96. The van der Waals surface area contributed by atoms with Crippen LogP contribution in [0.15, 0.2) is 40.2 Å². The Kier molecular flexibility index (Phi) is 6.23. The van der Waals surface area contributed by atoms with Crippen LogP contribution in [0.3, 0.4) is 0 Å². The lowest BCUT2D eigenvalue weighted by molar-refractivity contribution is -0.385. The van der Waals surface area contributed by atoms with E-state index >= 15 is 0 Å². The van der Waals surface area contributed by atoms with Gasteiger partial charge in [-0.1, -0.05) is 6.07 Å². The van der Waals surface area contributed by atoms with Crippen molar-refractivity contribution < 1.29 is 24.4 Å². The molecule has 25 heavy (non-hydrogen) atoms. The van der Waals surface area contributed by atoms with Gasteiger partial charge in [0.2, 0.25) is 0 Å². The van der Waals surface area contributed by atoms with Crippen LogP contribution in [0.5, 0.6) is 0 Å². The van der Waals surface area contributed by atoms with Gasteiger partial charge in [0.1, 0.15) is 9.75 Å². The number of carbonyl (C=O) groups excluding carboxylic acids is 1. The van der Waals surface area contributed by atoms with Crippen molar-refractivity contribution in [3.63, 3.8) is 0 Å². The number of benzene rings is 1. The fourth-order valence-corrected chi connectivity index (χ4v) is 3.99. The molecule has 0 radical (unpaired) electrons. The van der Waals surface area contributed by atoms with Crippen molar-refractivity contribution in [2.75, 3.05) is 7.11 Å². The third-order valence-electron chi connectivity index (χ3n) is 2.90. The molecule has 3 aromatic rings. The number of carbonyl (C=O) groups is 2. The van der Waals surface area contributed by atoms with Gasteiger partial charge in [0.25, 0.3) is 5.69 Å². The highest BCUT2D eigenvalue weighted by Crippen LogP contribution is 2.34. The molecule has 0 spiro atoms. The third kappa shape index (κ3) is 4.62. The highest BCUT2D eigenvalue weighted by molar-refractivity contribution is 9.10. The van der Waals surface area contributed by atoms with Gasteiger partial charge in [-0.25, -0.2) is 9.59 Å². The molecule has 2 aromatic heterocycles. The van der Waals surface area contributed by atoms with Crippen LogP contribution < -0.4 is 0 Å². The molecule has 0 bridgehead atoms. The minimum absolute atomic E-state index is 0.0216. The number of aromatic carboxylic acids is 1. The highest BCUT2D eigenvalue weighted by atomic mass is 79.9. The first-order valence-electron chi connectivity index (χ1n) is 6.56. The van der Waals surface area contributed by atoms with E-state index in [-0.39, 0.29) is 5.69 Å². The molecule has 0 fully saturated rings. The summed E-state index contributed by atoms with van der Waals surface area (Å²) in [6, 6.07) is 7.94. The number of hydrogen-bond acceptors (Lipinski definition) is 7. The number of carboxylic acid groups (broad SMARTS) is 1. The number of nitro benzene ring substituents is 1.